The molecule has 1 saturated carbocycles. The molecule has 2 rings (SSSR count). The largest absolute Gasteiger partial charge is 0.496 e. The lowest BCUT2D eigenvalue weighted by atomic mass is 9.91. The third kappa shape index (κ3) is 3.17. The molecule has 2 atom stereocenters. The zero-order valence-corrected chi connectivity index (χ0v) is 12.4. The zero-order valence-electron chi connectivity index (χ0n) is 10.1. The van der Waals surface area contributed by atoms with Gasteiger partial charge in [-0.25, -0.2) is 0 Å². The van der Waals surface area contributed by atoms with Crippen LogP contribution in [0.3, 0.4) is 0 Å². The standard InChI is InChI=1S/C14H18BrClO/c1-17-14-8-7-10(16)9-12(14)11-5-3-2-4-6-13(11)15/h7-9,11,13H,2-6H2,1H3. The third-order valence-electron chi connectivity index (χ3n) is 3.52. The molecule has 94 valence electrons. The van der Waals surface area contributed by atoms with Gasteiger partial charge in [0.25, 0.3) is 0 Å². The van der Waals surface area contributed by atoms with Crippen LogP contribution < -0.4 is 4.74 Å². The summed E-state index contributed by atoms with van der Waals surface area (Å²) in [4.78, 5) is 0.539. The number of methoxy groups -OCH3 is 1. The van der Waals surface area contributed by atoms with Crippen molar-refractivity contribution in [1.29, 1.82) is 0 Å². The number of ether oxygens (including phenoxy) is 1. The molecular weight excluding hydrogens is 300 g/mol. The Hall–Kier alpha value is -0.210. The highest BCUT2D eigenvalue weighted by Gasteiger charge is 2.25. The van der Waals surface area contributed by atoms with Crippen LogP contribution in [0.2, 0.25) is 5.02 Å². The molecule has 0 bridgehead atoms. The Morgan fingerprint density at radius 1 is 1.24 bits per heavy atom. The normalized spacial score (nSPS) is 25.4. The first-order valence-corrected chi connectivity index (χ1v) is 7.49. The number of alkyl halides is 1. The molecule has 0 aliphatic heterocycles. The molecule has 0 amide bonds. The van der Waals surface area contributed by atoms with Crippen LogP contribution in [0, 0.1) is 0 Å². The van der Waals surface area contributed by atoms with Crippen molar-refractivity contribution in [1.82, 2.24) is 0 Å². The van der Waals surface area contributed by atoms with Crippen molar-refractivity contribution in [2.75, 3.05) is 7.11 Å². The van der Waals surface area contributed by atoms with Crippen LogP contribution in [0.25, 0.3) is 0 Å². The van der Waals surface area contributed by atoms with Crippen LogP contribution in [0.5, 0.6) is 5.75 Å². The van der Waals surface area contributed by atoms with Gasteiger partial charge in [0.2, 0.25) is 0 Å². The van der Waals surface area contributed by atoms with Crippen molar-refractivity contribution in [3.8, 4) is 5.75 Å². The van der Waals surface area contributed by atoms with Crippen LogP contribution >= 0.6 is 27.5 Å². The average Bonchev–Trinajstić information content (AvgIpc) is 2.54. The molecule has 1 nitrogen and oxygen atoms in total. The van der Waals surface area contributed by atoms with Gasteiger partial charge >= 0.3 is 0 Å². The molecule has 0 aromatic heterocycles. The molecule has 1 aromatic carbocycles. The van der Waals surface area contributed by atoms with E-state index in [4.69, 9.17) is 16.3 Å². The van der Waals surface area contributed by atoms with Crippen LogP contribution in [0.1, 0.15) is 43.6 Å². The van der Waals surface area contributed by atoms with E-state index in [0.717, 1.165) is 10.8 Å². The predicted molar refractivity (Wildman–Crippen MR) is 76.5 cm³/mol. The van der Waals surface area contributed by atoms with E-state index in [1.807, 2.05) is 12.1 Å². The van der Waals surface area contributed by atoms with Gasteiger partial charge in [-0.2, -0.15) is 0 Å². The summed E-state index contributed by atoms with van der Waals surface area (Å²) in [5.41, 5.74) is 1.25. The van der Waals surface area contributed by atoms with E-state index >= 15 is 0 Å². The molecule has 1 fully saturated rings. The van der Waals surface area contributed by atoms with Gasteiger partial charge in [-0.1, -0.05) is 46.8 Å². The minimum atomic E-state index is 0.520. The van der Waals surface area contributed by atoms with Crippen LogP contribution in [0.15, 0.2) is 18.2 Å². The highest BCUT2D eigenvalue weighted by atomic mass is 79.9. The summed E-state index contributed by atoms with van der Waals surface area (Å²) in [5, 5.41) is 0.796. The molecule has 0 spiro atoms. The van der Waals surface area contributed by atoms with Gasteiger partial charge in [-0.3, -0.25) is 0 Å². The Morgan fingerprint density at radius 2 is 2.00 bits per heavy atom. The number of rotatable bonds is 2. The lowest BCUT2D eigenvalue weighted by Crippen LogP contribution is -2.12. The lowest BCUT2D eigenvalue weighted by Gasteiger charge is -2.22. The molecule has 2 unspecified atom stereocenters. The van der Waals surface area contributed by atoms with Crippen molar-refractivity contribution < 1.29 is 4.74 Å². The smallest absolute Gasteiger partial charge is 0.122 e. The van der Waals surface area contributed by atoms with Crippen molar-refractivity contribution in [3.05, 3.63) is 28.8 Å². The van der Waals surface area contributed by atoms with Gasteiger partial charge < -0.3 is 4.74 Å². The summed E-state index contributed by atoms with van der Waals surface area (Å²) in [6, 6.07) is 5.93. The Kier molecular flexibility index (Phi) is 4.75. The predicted octanol–water partition coefficient (Wildman–Crippen LogP) is 5.16. The molecule has 1 aromatic rings. The van der Waals surface area contributed by atoms with Gasteiger partial charge in [0, 0.05) is 15.8 Å². The van der Waals surface area contributed by atoms with E-state index in [1.165, 1.54) is 37.7 Å². The third-order valence-corrected chi connectivity index (χ3v) is 4.85. The van der Waals surface area contributed by atoms with Crippen LogP contribution in [0.4, 0.5) is 0 Å². The number of benzene rings is 1. The molecule has 17 heavy (non-hydrogen) atoms. The van der Waals surface area contributed by atoms with Crippen molar-refractivity contribution >= 4 is 27.5 Å². The van der Waals surface area contributed by atoms with E-state index in [9.17, 15) is 0 Å². The van der Waals surface area contributed by atoms with E-state index in [2.05, 4.69) is 22.0 Å². The fourth-order valence-electron chi connectivity index (χ4n) is 2.61. The Bertz CT molecular complexity index is 380. The minimum Gasteiger partial charge on any atom is -0.496 e. The maximum atomic E-state index is 6.11. The van der Waals surface area contributed by atoms with E-state index in [0.29, 0.717) is 10.7 Å². The summed E-state index contributed by atoms with van der Waals surface area (Å²) >= 11 is 9.94. The topological polar surface area (TPSA) is 9.23 Å². The molecule has 0 heterocycles. The molecule has 3 heteroatoms. The van der Waals surface area contributed by atoms with Crippen molar-refractivity contribution in [2.24, 2.45) is 0 Å². The second kappa shape index (κ2) is 6.10. The number of hydrogen-bond donors (Lipinski definition) is 0. The maximum absolute atomic E-state index is 6.11. The Morgan fingerprint density at radius 3 is 2.76 bits per heavy atom. The SMILES string of the molecule is COc1ccc(Cl)cc1C1CCCCCC1Br. The molecular formula is C14H18BrClO. The fraction of sp³-hybridized carbons (Fsp3) is 0.571. The fourth-order valence-corrected chi connectivity index (χ4v) is 3.66. The maximum Gasteiger partial charge on any atom is 0.122 e. The summed E-state index contributed by atoms with van der Waals surface area (Å²) < 4.78 is 5.46. The zero-order chi connectivity index (χ0) is 12.3. The quantitative estimate of drug-likeness (QED) is 0.541. The molecule has 1 aliphatic carbocycles. The molecule has 1 aliphatic rings. The summed E-state index contributed by atoms with van der Waals surface area (Å²) in [6.07, 6.45) is 6.40. The van der Waals surface area contributed by atoms with Gasteiger partial charge in [0.15, 0.2) is 0 Å². The van der Waals surface area contributed by atoms with Crippen LogP contribution in [-0.2, 0) is 0 Å². The van der Waals surface area contributed by atoms with Crippen molar-refractivity contribution in [2.45, 2.75) is 42.8 Å². The monoisotopic (exact) mass is 316 g/mol. The van der Waals surface area contributed by atoms with Crippen molar-refractivity contribution in [3.63, 3.8) is 0 Å². The van der Waals surface area contributed by atoms with Gasteiger partial charge in [0.1, 0.15) is 5.75 Å². The summed E-state index contributed by atoms with van der Waals surface area (Å²) in [7, 11) is 1.73. The first-order chi connectivity index (χ1) is 8.22. The minimum absolute atomic E-state index is 0.520. The first-order valence-electron chi connectivity index (χ1n) is 6.20. The lowest BCUT2D eigenvalue weighted by molar-refractivity contribution is 0.403. The van der Waals surface area contributed by atoms with E-state index < -0.39 is 0 Å². The number of hydrogen-bond acceptors (Lipinski definition) is 1. The first kappa shape index (κ1) is 13.2. The second-order valence-corrected chi connectivity index (χ2v) is 6.26. The highest BCUT2D eigenvalue weighted by molar-refractivity contribution is 9.09. The second-order valence-electron chi connectivity index (χ2n) is 4.65. The average molecular weight is 318 g/mol. The van der Waals surface area contributed by atoms with Crippen LogP contribution in [-0.4, -0.2) is 11.9 Å². The van der Waals surface area contributed by atoms with E-state index in [-0.39, 0.29) is 0 Å². The van der Waals surface area contributed by atoms with Gasteiger partial charge in [-0.05, 0) is 36.6 Å². The Labute approximate surface area is 117 Å². The van der Waals surface area contributed by atoms with Gasteiger partial charge in [0.05, 0.1) is 7.11 Å². The highest BCUT2D eigenvalue weighted by Crippen LogP contribution is 2.41. The molecule has 0 N–H and O–H groups in total. The summed E-state index contributed by atoms with van der Waals surface area (Å²) in [6.45, 7) is 0. The Balaban J connectivity index is 2.32. The van der Waals surface area contributed by atoms with Gasteiger partial charge in [-0.15, -0.1) is 0 Å². The molecule has 0 radical (unpaired) electrons. The van der Waals surface area contributed by atoms with E-state index in [1.54, 1.807) is 7.11 Å². The molecule has 0 saturated heterocycles. The summed E-state index contributed by atoms with van der Waals surface area (Å²) in [5.74, 6) is 1.48. The number of halogens is 2.